The van der Waals surface area contributed by atoms with Crippen molar-refractivity contribution in [2.75, 3.05) is 0 Å². The molecule has 0 fully saturated rings. The van der Waals surface area contributed by atoms with Crippen molar-refractivity contribution < 1.29 is 9.90 Å². The van der Waals surface area contributed by atoms with E-state index >= 15 is 0 Å². The average molecular weight is 240 g/mol. The number of rotatable bonds is 3. The van der Waals surface area contributed by atoms with Crippen LogP contribution in [0.1, 0.15) is 11.3 Å². The Kier molecular flexibility index (Phi) is 3.48. The number of carbonyl (C=O) groups is 1. The van der Waals surface area contributed by atoms with Gasteiger partial charge in [-0.05, 0) is 13.0 Å². The maximum atomic E-state index is 10.4. The third-order valence-electron chi connectivity index (χ3n) is 2.45. The zero-order chi connectivity index (χ0) is 13.0. The molecule has 0 saturated heterocycles. The van der Waals surface area contributed by atoms with Crippen molar-refractivity contribution in [1.82, 2.24) is 9.97 Å². The zero-order valence-corrected chi connectivity index (χ0v) is 9.87. The summed E-state index contributed by atoms with van der Waals surface area (Å²) in [7, 11) is 0. The monoisotopic (exact) mass is 240 g/mol. The molecule has 18 heavy (non-hydrogen) atoms. The number of benzene rings is 1. The van der Waals surface area contributed by atoms with Gasteiger partial charge in [-0.2, -0.15) is 0 Å². The predicted molar refractivity (Wildman–Crippen MR) is 68.9 cm³/mol. The van der Waals surface area contributed by atoms with Crippen molar-refractivity contribution >= 4 is 12.0 Å². The van der Waals surface area contributed by atoms with Crippen LogP contribution in [0.25, 0.3) is 17.5 Å². The molecule has 2 rings (SSSR count). The van der Waals surface area contributed by atoms with Crippen molar-refractivity contribution in [1.29, 1.82) is 0 Å². The highest BCUT2D eigenvalue weighted by molar-refractivity contribution is 5.85. The van der Waals surface area contributed by atoms with Gasteiger partial charge in [0, 0.05) is 29.1 Å². The van der Waals surface area contributed by atoms with E-state index in [2.05, 4.69) is 9.97 Å². The minimum atomic E-state index is -0.985. The molecule has 0 aliphatic heterocycles. The number of aryl methyl sites for hydroxylation is 1. The molecule has 4 heteroatoms. The summed E-state index contributed by atoms with van der Waals surface area (Å²) in [6.07, 6.45) is 4.20. The van der Waals surface area contributed by atoms with Gasteiger partial charge in [-0.3, -0.25) is 0 Å². The van der Waals surface area contributed by atoms with E-state index in [4.69, 9.17) is 5.11 Å². The van der Waals surface area contributed by atoms with Gasteiger partial charge in [0.2, 0.25) is 0 Å². The van der Waals surface area contributed by atoms with E-state index in [1.54, 1.807) is 6.20 Å². The first-order chi connectivity index (χ1) is 8.66. The molecule has 0 atom stereocenters. The Morgan fingerprint density at radius 1 is 1.28 bits per heavy atom. The fourth-order valence-electron chi connectivity index (χ4n) is 1.53. The van der Waals surface area contributed by atoms with E-state index < -0.39 is 5.97 Å². The number of carboxylic acid groups (broad SMARTS) is 1. The average Bonchev–Trinajstić information content (AvgIpc) is 2.38. The van der Waals surface area contributed by atoms with Crippen LogP contribution in [0, 0.1) is 6.92 Å². The first-order valence-electron chi connectivity index (χ1n) is 5.47. The number of hydrogen-bond acceptors (Lipinski definition) is 3. The number of hydrogen-bond donors (Lipinski definition) is 1. The van der Waals surface area contributed by atoms with Crippen LogP contribution >= 0.6 is 0 Å². The lowest BCUT2D eigenvalue weighted by Gasteiger charge is -2.03. The van der Waals surface area contributed by atoms with Gasteiger partial charge in [0.05, 0.1) is 0 Å². The molecule has 1 N–H and O–H groups in total. The first-order valence-corrected chi connectivity index (χ1v) is 5.47. The molecule has 0 aliphatic rings. The number of aliphatic carboxylic acids is 1. The summed E-state index contributed by atoms with van der Waals surface area (Å²) in [4.78, 5) is 19.0. The molecule has 0 spiro atoms. The van der Waals surface area contributed by atoms with Gasteiger partial charge < -0.3 is 5.11 Å². The third kappa shape index (κ3) is 2.79. The number of carboxylic acids is 1. The van der Waals surface area contributed by atoms with E-state index in [9.17, 15) is 4.79 Å². The van der Waals surface area contributed by atoms with Crippen LogP contribution < -0.4 is 0 Å². The Bertz CT molecular complexity index is 592. The Labute approximate surface area is 105 Å². The minimum Gasteiger partial charge on any atom is -0.478 e. The highest BCUT2D eigenvalue weighted by Gasteiger charge is 2.03. The maximum absolute atomic E-state index is 10.4. The first kappa shape index (κ1) is 12.0. The largest absolute Gasteiger partial charge is 0.478 e. The lowest BCUT2D eigenvalue weighted by Crippen LogP contribution is -1.95. The van der Waals surface area contributed by atoms with Crippen molar-refractivity contribution in [3.63, 3.8) is 0 Å². The molecule has 0 radical (unpaired) electrons. The second-order valence-corrected chi connectivity index (χ2v) is 3.77. The Balaban J connectivity index is 2.34. The number of aromatic nitrogens is 2. The van der Waals surface area contributed by atoms with Gasteiger partial charge in [-0.25, -0.2) is 14.8 Å². The van der Waals surface area contributed by atoms with Crippen LogP contribution in [-0.4, -0.2) is 21.0 Å². The lowest BCUT2D eigenvalue weighted by atomic mass is 10.2. The summed E-state index contributed by atoms with van der Waals surface area (Å²) in [5, 5.41) is 8.57. The summed E-state index contributed by atoms with van der Waals surface area (Å²) in [6, 6.07) is 9.64. The molecule has 0 amide bonds. The SMILES string of the molecule is Cc1nc(-c2ccccc2)ncc1C=CC(=O)O. The van der Waals surface area contributed by atoms with Gasteiger partial charge in [0.25, 0.3) is 0 Å². The van der Waals surface area contributed by atoms with Gasteiger partial charge in [-0.1, -0.05) is 30.3 Å². The Hall–Kier alpha value is -2.49. The maximum Gasteiger partial charge on any atom is 0.328 e. The molecular weight excluding hydrogens is 228 g/mol. The van der Waals surface area contributed by atoms with Crippen molar-refractivity contribution in [2.24, 2.45) is 0 Å². The van der Waals surface area contributed by atoms with Crippen LogP contribution in [0.4, 0.5) is 0 Å². The van der Waals surface area contributed by atoms with Crippen LogP contribution in [-0.2, 0) is 4.79 Å². The molecule has 0 unspecified atom stereocenters. The molecular formula is C14H12N2O2. The van der Waals surface area contributed by atoms with Crippen molar-refractivity contribution in [3.05, 3.63) is 53.9 Å². The molecule has 0 bridgehead atoms. The normalized spacial score (nSPS) is 10.7. The highest BCUT2D eigenvalue weighted by Crippen LogP contribution is 2.16. The smallest absolute Gasteiger partial charge is 0.328 e. The Morgan fingerprint density at radius 2 is 2.00 bits per heavy atom. The highest BCUT2D eigenvalue weighted by atomic mass is 16.4. The second kappa shape index (κ2) is 5.23. The zero-order valence-electron chi connectivity index (χ0n) is 9.87. The molecule has 0 aliphatic carbocycles. The van der Waals surface area contributed by atoms with Crippen LogP contribution in [0.5, 0.6) is 0 Å². The van der Waals surface area contributed by atoms with Crippen LogP contribution in [0.3, 0.4) is 0 Å². The van der Waals surface area contributed by atoms with Gasteiger partial charge in [0.15, 0.2) is 5.82 Å². The second-order valence-electron chi connectivity index (χ2n) is 3.77. The van der Waals surface area contributed by atoms with Crippen molar-refractivity contribution in [2.45, 2.75) is 6.92 Å². The van der Waals surface area contributed by atoms with E-state index in [0.717, 1.165) is 17.3 Å². The van der Waals surface area contributed by atoms with E-state index in [-0.39, 0.29) is 0 Å². The molecule has 1 heterocycles. The molecule has 1 aromatic heterocycles. The summed E-state index contributed by atoms with van der Waals surface area (Å²) in [5.74, 6) is -0.345. The molecule has 2 aromatic rings. The van der Waals surface area contributed by atoms with E-state index in [0.29, 0.717) is 11.4 Å². The summed E-state index contributed by atoms with van der Waals surface area (Å²) in [5.41, 5.74) is 2.40. The topological polar surface area (TPSA) is 63.1 Å². The van der Waals surface area contributed by atoms with E-state index in [1.807, 2.05) is 37.3 Å². The van der Waals surface area contributed by atoms with Gasteiger partial charge in [-0.15, -0.1) is 0 Å². The van der Waals surface area contributed by atoms with Gasteiger partial charge >= 0.3 is 5.97 Å². The van der Waals surface area contributed by atoms with Crippen LogP contribution in [0.15, 0.2) is 42.6 Å². The van der Waals surface area contributed by atoms with Crippen molar-refractivity contribution in [3.8, 4) is 11.4 Å². The Morgan fingerprint density at radius 3 is 2.61 bits per heavy atom. The fourth-order valence-corrected chi connectivity index (χ4v) is 1.53. The predicted octanol–water partition coefficient (Wildman–Crippen LogP) is 2.55. The molecule has 4 nitrogen and oxygen atoms in total. The minimum absolute atomic E-state index is 0.639. The molecule has 0 saturated carbocycles. The molecule has 90 valence electrons. The summed E-state index contributed by atoms with van der Waals surface area (Å²) in [6.45, 7) is 1.83. The lowest BCUT2D eigenvalue weighted by molar-refractivity contribution is -0.131. The van der Waals surface area contributed by atoms with Gasteiger partial charge in [0.1, 0.15) is 0 Å². The molecule has 1 aromatic carbocycles. The summed E-state index contributed by atoms with van der Waals surface area (Å²) >= 11 is 0. The van der Waals surface area contributed by atoms with E-state index in [1.165, 1.54) is 6.08 Å². The quantitative estimate of drug-likeness (QED) is 0.837. The fraction of sp³-hybridized carbons (Fsp3) is 0.0714. The third-order valence-corrected chi connectivity index (χ3v) is 2.45. The van der Waals surface area contributed by atoms with Crippen LogP contribution in [0.2, 0.25) is 0 Å². The number of nitrogens with zero attached hydrogens (tertiary/aromatic N) is 2. The standard InChI is InChI=1S/C14H12N2O2/c1-10-12(7-8-13(17)18)9-15-14(16-10)11-5-3-2-4-6-11/h2-9H,1H3,(H,17,18). The summed E-state index contributed by atoms with van der Waals surface area (Å²) < 4.78 is 0.